The number of rotatable bonds is 63. The molecule has 0 radical (unpaired) electrons. The standard InChI is InChI=1S/C29H55N3O13.C26H51NO8/c1-3-39-12-13-41-16-17-43-20-21-45-23-22-44-19-18-42-15-14-40-11-9-27(34)32-25(29(37)38)7-8-26(33)31-10-5-4-6-24(30-2)28(35)36;1-2-31-17-18-33-21-22-35-24-23-34-20-19-32-16-15-27-25(28)13-11-9-7-5-3-4-6-8-10-12-14-26(29)30/h24-25,30H,3-23H2,1-2H3,(H,31,33)(H,32,34)(H,35,36)(H,37,38);2-24H2,1H3,(H,27,28)(H,29,30)/t24-,25-;/m0./s1. The summed E-state index contributed by atoms with van der Waals surface area (Å²) < 4.78 is 64.3. The minimum atomic E-state index is -1.23. The van der Waals surface area contributed by atoms with Gasteiger partial charge in [-0.05, 0) is 59.4 Å². The highest BCUT2D eigenvalue weighted by molar-refractivity contribution is 5.84. The molecule has 0 aliphatic heterocycles. The highest BCUT2D eigenvalue weighted by atomic mass is 16.6. The molecule has 0 unspecified atom stereocenters. The Hall–Kier alpha value is -3.70. The molecule has 7 N–H and O–H groups in total. The van der Waals surface area contributed by atoms with Crippen molar-refractivity contribution in [1.29, 1.82) is 0 Å². The molecule has 0 bridgehead atoms. The van der Waals surface area contributed by atoms with Crippen molar-refractivity contribution in [2.75, 3.05) is 179 Å². The lowest BCUT2D eigenvalue weighted by Crippen LogP contribution is -2.42. The van der Waals surface area contributed by atoms with Crippen molar-refractivity contribution in [1.82, 2.24) is 21.3 Å². The van der Waals surface area contributed by atoms with E-state index in [0.29, 0.717) is 191 Å². The Morgan fingerprint density at radius 1 is 0.325 bits per heavy atom. The molecule has 80 heavy (non-hydrogen) atoms. The number of carbonyl (C=O) groups is 6. The van der Waals surface area contributed by atoms with Crippen LogP contribution in [0, 0.1) is 0 Å². The summed E-state index contributed by atoms with van der Waals surface area (Å²) in [6.07, 6.45) is 13.3. The number of carboxylic acid groups (broad SMARTS) is 3. The molecular weight excluding hydrogens is 1050 g/mol. The van der Waals surface area contributed by atoms with Crippen LogP contribution in [-0.2, 0) is 85.6 Å². The molecular formula is C55H106N4O21. The summed E-state index contributed by atoms with van der Waals surface area (Å²) in [5.41, 5.74) is 0. The average Bonchev–Trinajstić information content (AvgIpc) is 3.43. The molecule has 0 saturated carbocycles. The minimum Gasteiger partial charge on any atom is -0.481 e. The zero-order valence-corrected chi connectivity index (χ0v) is 49.0. The molecule has 0 fully saturated rings. The first-order valence-corrected chi connectivity index (χ1v) is 29.1. The van der Waals surface area contributed by atoms with Gasteiger partial charge in [0.25, 0.3) is 0 Å². The van der Waals surface area contributed by atoms with Crippen molar-refractivity contribution in [3.8, 4) is 0 Å². The van der Waals surface area contributed by atoms with E-state index in [1.54, 1.807) is 7.05 Å². The van der Waals surface area contributed by atoms with Gasteiger partial charge < -0.3 is 93.4 Å². The van der Waals surface area contributed by atoms with Gasteiger partial charge in [0.2, 0.25) is 17.7 Å². The van der Waals surface area contributed by atoms with Crippen LogP contribution >= 0.6 is 0 Å². The summed E-state index contributed by atoms with van der Waals surface area (Å²) in [6, 6.07) is -1.83. The molecule has 472 valence electrons. The van der Waals surface area contributed by atoms with Gasteiger partial charge in [-0.3, -0.25) is 24.0 Å². The number of nitrogens with one attached hydrogen (secondary N) is 4. The monoisotopic (exact) mass is 1160 g/mol. The summed E-state index contributed by atoms with van der Waals surface area (Å²) in [4.78, 5) is 68.8. The van der Waals surface area contributed by atoms with Gasteiger partial charge in [0, 0.05) is 52.0 Å². The summed E-state index contributed by atoms with van der Waals surface area (Å²) in [7, 11) is 1.57. The summed E-state index contributed by atoms with van der Waals surface area (Å²) in [5, 5.41) is 37.6. The second-order valence-electron chi connectivity index (χ2n) is 18.1. The fraction of sp³-hybridized carbons (Fsp3) is 0.891. The number of aliphatic carboxylic acids is 3. The third kappa shape index (κ3) is 63.5. The Morgan fingerprint density at radius 2 is 0.662 bits per heavy atom. The molecule has 0 spiro atoms. The first-order chi connectivity index (χ1) is 39.0. The van der Waals surface area contributed by atoms with E-state index in [0.717, 1.165) is 32.1 Å². The van der Waals surface area contributed by atoms with Crippen molar-refractivity contribution in [2.45, 2.75) is 142 Å². The number of carboxylic acids is 3. The van der Waals surface area contributed by atoms with Crippen LogP contribution < -0.4 is 21.3 Å². The van der Waals surface area contributed by atoms with Crippen molar-refractivity contribution < 1.29 is 101 Å². The summed E-state index contributed by atoms with van der Waals surface area (Å²) >= 11 is 0. The van der Waals surface area contributed by atoms with Crippen molar-refractivity contribution >= 4 is 35.6 Å². The Morgan fingerprint density at radius 3 is 1.04 bits per heavy atom. The number of carbonyl (C=O) groups excluding carboxylic acids is 3. The van der Waals surface area contributed by atoms with Gasteiger partial charge in [0.05, 0.1) is 145 Å². The summed E-state index contributed by atoms with van der Waals surface area (Å²) in [5.74, 6) is -3.60. The third-order valence-electron chi connectivity index (χ3n) is 11.4. The second-order valence-corrected chi connectivity index (χ2v) is 18.1. The minimum absolute atomic E-state index is 0.0314. The van der Waals surface area contributed by atoms with Crippen LogP contribution in [0.4, 0.5) is 0 Å². The topological polar surface area (TPSA) is 322 Å². The molecule has 0 aromatic rings. The zero-order valence-electron chi connectivity index (χ0n) is 49.0. The normalized spacial score (nSPS) is 11.9. The van der Waals surface area contributed by atoms with E-state index in [1.807, 2.05) is 13.8 Å². The average molecular weight is 1160 g/mol. The van der Waals surface area contributed by atoms with E-state index < -0.39 is 35.9 Å². The van der Waals surface area contributed by atoms with E-state index in [2.05, 4.69) is 21.3 Å². The van der Waals surface area contributed by atoms with Crippen LogP contribution in [0.5, 0.6) is 0 Å². The van der Waals surface area contributed by atoms with Gasteiger partial charge in [0.15, 0.2) is 0 Å². The lowest BCUT2D eigenvalue weighted by Gasteiger charge is -2.15. The first-order valence-electron chi connectivity index (χ1n) is 29.1. The second kappa shape index (κ2) is 64.5. The van der Waals surface area contributed by atoms with Crippen molar-refractivity contribution in [3.05, 3.63) is 0 Å². The van der Waals surface area contributed by atoms with Crippen LogP contribution in [0.1, 0.15) is 129 Å². The number of likely N-dealkylation sites (N-methyl/N-ethyl adjacent to an activating group) is 1. The molecule has 0 aromatic carbocycles. The van der Waals surface area contributed by atoms with Crippen molar-refractivity contribution in [3.63, 3.8) is 0 Å². The van der Waals surface area contributed by atoms with Crippen molar-refractivity contribution in [2.24, 2.45) is 0 Å². The lowest BCUT2D eigenvalue weighted by atomic mass is 10.1. The maximum atomic E-state index is 12.1. The molecule has 0 aromatic heterocycles. The van der Waals surface area contributed by atoms with Crippen LogP contribution in [0.2, 0.25) is 0 Å². The smallest absolute Gasteiger partial charge is 0.326 e. The first kappa shape index (κ1) is 78.4. The van der Waals surface area contributed by atoms with E-state index in [1.165, 1.54) is 32.1 Å². The van der Waals surface area contributed by atoms with Gasteiger partial charge in [-0.1, -0.05) is 51.4 Å². The predicted octanol–water partition coefficient (Wildman–Crippen LogP) is 3.79. The van der Waals surface area contributed by atoms with Gasteiger partial charge >= 0.3 is 17.9 Å². The summed E-state index contributed by atoms with van der Waals surface area (Å²) in [6.45, 7) is 16.5. The Bertz CT molecular complexity index is 1420. The number of ether oxygens (including phenoxy) is 12. The predicted molar refractivity (Wildman–Crippen MR) is 298 cm³/mol. The Labute approximate surface area is 476 Å². The highest BCUT2D eigenvalue weighted by Gasteiger charge is 2.21. The zero-order chi connectivity index (χ0) is 59.0. The highest BCUT2D eigenvalue weighted by Crippen LogP contribution is 2.12. The van der Waals surface area contributed by atoms with Crippen LogP contribution in [0.15, 0.2) is 0 Å². The lowest BCUT2D eigenvalue weighted by molar-refractivity contribution is -0.142. The molecule has 0 saturated heterocycles. The van der Waals surface area contributed by atoms with Gasteiger partial charge in [-0.15, -0.1) is 0 Å². The molecule has 0 aliphatic carbocycles. The van der Waals surface area contributed by atoms with Crippen LogP contribution in [-0.4, -0.2) is 242 Å². The molecule has 0 rings (SSSR count). The molecule has 25 heteroatoms. The van der Waals surface area contributed by atoms with Gasteiger partial charge in [0.1, 0.15) is 12.1 Å². The van der Waals surface area contributed by atoms with E-state index >= 15 is 0 Å². The quantitative estimate of drug-likeness (QED) is 0.0426. The number of amides is 3. The SMILES string of the molecule is CCOCCOCCOCCOCCOCCNC(=O)CCCCCCCCCCCCC(=O)O.CCOCCOCCOCCOCCOCCOCCOCCC(=O)N[C@@H](CCC(=O)NCCCC[C@H](NC)C(=O)O)C(=O)O. The third-order valence-corrected chi connectivity index (χ3v) is 11.4. The van der Waals surface area contributed by atoms with Crippen LogP contribution in [0.3, 0.4) is 0 Å². The van der Waals surface area contributed by atoms with Gasteiger partial charge in [-0.25, -0.2) is 4.79 Å². The Kier molecular flexibility index (Phi) is 63.2. The number of hydrogen-bond donors (Lipinski definition) is 7. The van der Waals surface area contributed by atoms with E-state index in [-0.39, 0.29) is 44.3 Å². The Balaban J connectivity index is 0. The molecule has 0 aliphatic rings. The largest absolute Gasteiger partial charge is 0.481 e. The molecule has 2 atom stereocenters. The fourth-order valence-corrected chi connectivity index (χ4v) is 6.96. The van der Waals surface area contributed by atoms with E-state index in [4.69, 9.17) is 67.1 Å². The maximum Gasteiger partial charge on any atom is 0.326 e. The molecule has 3 amide bonds. The number of unbranched alkanes of at least 4 members (excludes halogenated alkanes) is 10. The number of hydrogen-bond acceptors (Lipinski definition) is 19. The van der Waals surface area contributed by atoms with E-state index in [9.17, 15) is 33.9 Å². The maximum absolute atomic E-state index is 12.1. The van der Waals surface area contributed by atoms with Gasteiger partial charge in [-0.2, -0.15) is 0 Å². The van der Waals surface area contributed by atoms with Crippen LogP contribution in [0.25, 0.3) is 0 Å². The molecule has 0 heterocycles. The molecule has 25 nitrogen and oxygen atoms in total. The fourth-order valence-electron chi connectivity index (χ4n) is 6.96.